The monoisotopic (exact) mass is 288 g/mol. The smallest absolute Gasteiger partial charge is 0.177 e. The molecule has 0 aliphatic carbocycles. The second-order valence-corrected chi connectivity index (χ2v) is 5.00. The summed E-state index contributed by atoms with van der Waals surface area (Å²) < 4.78 is 5.74. The molecule has 1 fully saturated rings. The Morgan fingerprint density at radius 1 is 1.10 bits per heavy atom. The number of rotatable bonds is 3. The van der Waals surface area contributed by atoms with E-state index >= 15 is 0 Å². The first kappa shape index (κ1) is 13.1. The average molecular weight is 289 g/mol. The first-order valence-corrected chi connectivity index (χ1v) is 6.71. The van der Waals surface area contributed by atoms with E-state index in [1.54, 1.807) is 6.07 Å². The fraction of sp³-hybridized carbons (Fsp3) is 0.200. The van der Waals surface area contributed by atoms with Gasteiger partial charge in [0.1, 0.15) is 6.04 Å². The van der Waals surface area contributed by atoms with E-state index in [1.165, 1.54) is 5.01 Å². The van der Waals surface area contributed by atoms with Crippen LogP contribution in [0, 0.1) is 4.91 Å². The van der Waals surface area contributed by atoms with Crippen LogP contribution < -0.4 is 0 Å². The maximum atomic E-state index is 11.2. The second-order valence-electron chi connectivity index (χ2n) is 4.60. The molecular formula is C15H13ClN2O2. The Balaban J connectivity index is 1.93. The van der Waals surface area contributed by atoms with Gasteiger partial charge in [-0.2, -0.15) is 0 Å². The Bertz CT molecular complexity index is 606. The predicted molar refractivity (Wildman–Crippen MR) is 77.0 cm³/mol. The zero-order chi connectivity index (χ0) is 13.9. The highest BCUT2D eigenvalue weighted by Gasteiger charge is 2.37. The van der Waals surface area contributed by atoms with E-state index < -0.39 is 6.23 Å². The summed E-state index contributed by atoms with van der Waals surface area (Å²) in [6.45, 7) is 0.408. The molecule has 0 radical (unpaired) electrons. The van der Waals surface area contributed by atoms with Gasteiger partial charge in [0.15, 0.2) is 6.23 Å². The fourth-order valence-corrected chi connectivity index (χ4v) is 2.66. The molecule has 2 aromatic rings. The quantitative estimate of drug-likeness (QED) is 0.799. The normalized spacial score (nSPS) is 21.9. The molecule has 0 spiro atoms. The molecule has 5 heteroatoms. The number of ether oxygens (including phenoxy) is 1. The van der Waals surface area contributed by atoms with Crippen molar-refractivity contribution in [3.05, 3.63) is 75.7 Å². The molecule has 0 bridgehead atoms. The summed E-state index contributed by atoms with van der Waals surface area (Å²) in [6, 6.07) is 16.9. The molecule has 0 unspecified atom stereocenters. The maximum Gasteiger partial charge on any atom is 0.177 e. The van der Waals surface area contributed by atoms with E-state index in [0.717, 1.165) is 11.1 Å². The lowest BCUT2D eigenvalue weighted by atomic mass is 10.1. The summed E-state index contributed by atoms with van der Waals surface area (Å²) in [5.41, 5.74) is 1.76. The lowest BCUT2D eigenvalue weighted by Gasteiger charge is -2.22. The molecule has 0 amide bonds. The Morgan fingerprint density at radius 2 is 1.80 bits per heavy atom. The van der Waals surface area contributed by atoms with Crippen LogP contribution in [0.4, 0.5) is 0 Å². The summed E-state index contributed by atoms with van der Waals surface area (Å²) in [5.74, 6) is 0. The van der Waals surface area contributed by atoms with E-state index in [-0.39, 0.29) is 6.04 Å². The van der Waals surface area contributed by atoms with Gasteiger partial charge in [0.25, 0.3) is 0 Å². The van der Waals surface area contributed by atoms with Crippen molar-refractivity contribution in [2.75, 3.05) is 6.61 Å². The Morgan fingerprint density at radius 3 is 2.50 bits per heavy atom. The summed E-state index contributed by atoms with van der Waals surface area (Å²) in [6.07, 6.45) is -0.536. The van der Waals surface area contributed by atoms with Crippen molar-refractivity contribution in [2.24, 2.45) is 5.29 Å². The van der Waals surface area contributed by atoms with E-state index in [9.17, 15) is 4.91 Å². The topological polar surface area (TPSA) is 41.9 Å². The minimum atomic E-state index is -0.536. The number of nitrogens with zero attached hydrogens (tertiary/aromatic N) is 2. The lowest BCUT2D eigenvalue weighted by molar-refractivity contribution is 0.0295. The summed E-state index contributed by atoms with van der Waals surface area (Å²) >= 11 is 6.17. The standard InChI is InChI=1S/C15H13ClN2O2/c16-13-9-5-4-8-12(13)15-18(17-19)14(10-20-15)11-6-2-1-3-7-11/h1-9,14-15H,10H2/t14-,15+/m1/s1. The van der Waals surface area contributed by atoms with Gasteiger partial charge in [-0.05, 0) is 11.6 Å². The highest BCUT2D eigenvalue weighted by atomic mass is 35.5. The van der Waals surface area contributed by atoms with Crippen LogP contribution in [0.15, 0.2) is 59.9 Å². The highest BCUT2D eigenvalue weighted by molar-refractivity contribution is 6.31. The van der Waals surface area contributed by atoms with E-state index in [4.69, 9.17) is 16.3 Å². The number of nitroso groups, excluding NO2 is 1. The molecule has 1 aliphatic heterocycles. The van der Waals surface area contributed by atoms with Gasteiger partial charge >= 0.3 is 0 Å². The maximum absolute atomic E-state index is 11.2. The van der Waals surface area contributed by atoms with Crippen LogP contribution in [0.3, 0.4) is 0 Å². The van der Waals surface area contributed by atoms with Gasteiger partial charge < -0.3 is 4.74 Å². The average Bonchev–Trinajstić information content (AvgIpc) is 2.92. The molecule has 2 aromatic carbocycles. The Hall–Kier alpha value is -1.91. The third-order valence-corrected chi connectivity index (χ3v) is 3.77. The molecule has 4 nitrogen and oxygen atoms in total. The van der Waals surface area contributed by atoms with Gasteiger partial charge in [-0.15, -0.1) is 4.91 Å². The SMILES string of the molecule is O=NN1[C@@H](c2ccccc2)CO[C@H]1c1ccccc1Cl. The molecule has 0 aromatic heterocycles. The van der Waals surface area contributed by atoms with Crippen molar-refractivity contribution >= 4 is 11.6 Å². The minimum absolute atomic E-state index is 0.185. The van der Waals surface area contributed by atoms with Crippen LogP contribution in [0.25, 0.3) is 0 Å². The molecule has 2 atom stereocenters. The summed E-state index contributed by atoms with van der Waals surface area (Å²) in [7, 11) is 0. The first-order valence-electron chi connectivity index (χ1n) is 6.34. The van der Waals surface area contributed by atoms with E-state index in [0.29, 0.717) is 11.6 Å². The summed E-state index contributed by atoms with van der Waals surface area (Å²) in [4.78, 5) is 11.2. The molecule has 1 saturated heterocycles. The van der Waals surface area contributed by atoms with Crippen LogP contribution in [0.1, 0.15) is 23.4 Å². The minimum Gasteiger partial charge on any atom is -0.350 e. The Kier molecular flexibility index (Phi) is 3.67. The molecule has 1 heterocycles. The van der Waals surface area contributed by atoms with Crippen molar-refractivity contribution in [2.45, 2.75) is 12.3 Å². The van der Waals surface area contributed by atoms with Gasteiger partial charge in [0.05, 0.1) is 11.9 Å². The number of hydrogen-bond donors (Lipinski definition) is 0. The first-order chi connectivity index (χ1) is 9.81. The van der Waals surface area contributed by atoms with Crippen LogP contribution >= 0.6 is 11.6 Å². The predicted octanol–water partition coefficient (Wildman–Crippen LogP) is 4.09. The lowest BCUT2D eigenvalue weighted by Crippen LogP contribution is -2.21. The number of hydrogen-bond acceptors (Lipinski definition) is 3. The molecule has 1 aliphatic rings. The fourth-order valence-electron chi connectivity index (χ4n) is 2.43. The van der Waals surface area contributed by atoms with Crippen LogP contribution in [0.5, 0.6) is 0 Å². The molecule has 20 heavy (non-hydrogen) atoms. The largest absolute Gasteiger partial charge is 0.350 e. The molecule has 0 N–H and O–H groups in total. The molecule has 3 rings (SSSR count). The van der Waals surface area contributed by atoms with Gasteiger partial charge in [-0.3, -0.25) is 0 Å². The van der Waals surface area contributed by atoms with Crippen molar-refractivity contribution < 1.29 is 4.74 Å². The van der Waals surface area contributed by atoms with Gasteiger partial charge in [0.2, 0.25) is 0 Å². The highest BCUT2D eigenvalue weighted by Crippen LogP contribution is 2.40. The Labute approximate surface area is 121 Å². The number of benzene rings is 2. The zero-order valence-electron chi connectivity index (χ0n) is 10.6. The van der Waals surface area contributed by atoms with Crippen molar-refractivity contribution in [3.63, 3.8) is 0 Å². The van der Waals surface area contributed by atoms with Gasteiger partial charge in [0, 0.05) is 10.6 Å². The third-order valence-electron chi connectivity index (χ3n) is 3.42. The molecular weight excluding hydrogens is 276 g/mol. The summed E-state index contributed by atoms with van der Waals surface area (Å²) in [5, 5.41) is 5.14. The van der Waals surface area contributed by atoms with Gasteiger partial charge in [-0.25, -0.2) is 5.01 Å². The molecule has 0 saturated carbocycles. The van der Waals surface area contributed by atoms with Crippen LogP contribution in [-0.4, -0.2) is 11.6 Å². The van der Waals surface area contributed by atoms with Crippen molar-refractivity contribution in [3.8, 4) is 0 Å². The second kappa shape index (κ2) is 5.61. The third kappa shape index (κ3) is 2.28. The van der Waals surface area contributed by atoms with Gasteiger partial charge in [-0.1, -0.05) is 60.1 Å². The van der Waals surface area contributed by atoms with E-state index in [2.05, 4.69) is 5.29 Å². The van der Waals surface area contributed by atoms with Crippen LogP contribution in [-0.2, 0) is 4.74 Å². The number of halogens is 1. The van der Waals surface area contributed by atoms with Crippen molar-refractivity contribution in [1.82, 2.24) is 5.01 Å². The van der Waals surface area contributed by atoms with E-state index in [1.807, 2.05) is 48.5 Å². The van der Waals surface area contributed by atoms with Crippen LogP contribution in [0.2, 0.25) is 5.02 Å². The van der Waals surface area contributed by atoms with Crippen molar-refractivity contribution in [1.29, 1.82) is 0 Å². The zero-order valence-corrected chi connectivity index (χ0v) is 11.4. The molecule has 102 valence electrons.